The first kappa shape index (κ1) is 23.0. The van der Waals surface area contributed by atoms with Crippen LogP contribution in [-0.4, -0.2) is 31.1 Å². The van der Waals surface area contributed by atoms with Crippen LogP contribution in [0.4, 0.5) is 22.7 Å². The number of benzene rings is 2. The number of unbranched alkanes of at least 4 members (excludes halogenated alkanes) is 3. The van der Waals surface area contributed by atoms with Gasteiger partial charge in [-0.05, 0) is 61.4 Å². The molecule has 0 bridgehead atoms. The summed E-state index contributed by atoms with van der Waals surface area (Å²) in [6, 6.07) is 15.0. The third-order valence-electron chi connectivity index (χ3n) is 4.48. The number of nitrogens with one attached hydrogen (secondary N) is 2. The predicted molar refractivity (Wildman–Crippen MR) is 118 cm³/mol. The molecule has 0 fully saturated rings. The fourth-order valence-corrected chi connectivity index (χ4v) is 2.75. The number of carbonyl (C=O) groups excluding carboxylic acids is 2. The molecule has 0 aliphatic carbocycles. The number of rotatable bonds is 11. The molecule has 2 rings (SSSR count). The van der Waals surface area contributed by atoms with Gasteiger partial charge in [0.15, 0.2) is 0 Å². The number of amides is 2. The van der Waals surface area contributed by atoms with Crippen LogP contribution in [0.2, 0.25) is 0 Å². The van der Waals surface area contributed by atoms with E-state index in [1.54, 1.807) is 29.7 Å². The number of hydrogen-bond donors (Lipinski definition) is 3. The number of hydroxylamine groups is 1. The largest absolute Gasteiger partial charge is 0.378 e. The Morgan fingerprint density at radius 2 is 1.30 bits per heavy atom. The monoisotopic (exact) mass is 411 g/mol. The van der Waals surface area contributed by atoms with E-state index in [0.717, 1.165) is 30.6 Å². The van der Waals surface area contributed by atoms with E-state index in [1.807, 2.05) is 43.3 Å². The molecule has 2 aromatic carbocycles. The van der Waals surface area contributed by atoms with Gasteiger partial charge in [0.2, 0.25) is 11.8 Å². The van der Waals surface area contributed by atoms with Crippen LogP contribution in [0.25, 0.3) is 0 Å². The maximum absolute atomic E-state index is 12.0. The first-order valence-corrected chi connectivity index (χ1v) is 10.00. The van der Waals surface area contributed by atoms with Crippen molar-refractivity contribution in [1.29, 1.82) is 0 Å². The molecule has 8 heteroatoms. The van der Waals surface area contributed by atoms with Crippen molar-refractivity contribution in [3.63, 3.8) is 0 Å². The second-order valence-corrected chi connectivity index (χ2v) is 7.16. The fraction of sp³-hybridized carbons (Fsp3) is 0.364. The van der Waals surface area contributed by atoms with E-state index in [0.29, 0.717) is 30.6 Å². The van der Waals surface area contributed by atoms with Crippen LogP contribution >= 0.6 is 0 Å². The Balaban J connectivity index is 1.72. The summed E-state index contributed by atoms with van der Waals surface area (Å²) in [5.74, 6) is -0.420. The highest BCUT2D eigenvalue weighted by molar-refractivity contribution is 5.90. The summed E-state index contributed by atoms with van der Waals surface area (Å²) in [5, 5.41) is 19.7. The Hall–Kier alpha value is -3.26. The molecule has 0 aliphatic heterocycles. The van der Waals surface area contributed by atoms with Crippen molar-refractivity contribution in [2.75, 3.05) is 24.3 Å². The van der Waals surface area contributed by atoms with Gasteiger partial charge in [-0.25, -0.2) is 5.48 Å². The molecular formula is C22H29N5O3. The smallest absolute Gasteiger partial charge is 0.243 e. The molecule has 0 saturated carbocycles. The SMILES string of the molecule is CN(C)c1ccc(N=Nc2ccc(NC(=O)CCCCCCC(=O)NO)cc2)cc1. The van der Waals surface area contributed by atoms with E-state index in [-0.39, 0.29) is 11.8 Å². The van der Waals surface area contributed by atoms with Gasteiger partial charge in [0.05, 0.1) is 11.4 Å². The first-order chi connectivity index (χ1) is 14.5. The number of hydrogen-bond acceptors (Lipinski definition) is 6. The Morgan fingerprint density at radius 3 is 1.80 bits per heavy atom. The number of carbonyl (C=O) groups is 2. The number of nitrogens with zero attached hydrogens (tertiary/aromatic N) is 3. The standard InChI is InChI=1S/C22H29N5O3/c1-27(2)20-15-13-19(14-16-20)25-24-18-11-9-17(10-12-18)23-21(28)7-5-3-4-6-8-22(29)26-30/h9-16,30H,3-8H2,1-2H3,(H,23,28)(H,26,29). The predicted octanol–water partition coefficient (Wildman–Crippen LogP) is 4.95. The highest BCUT2D eigenvalue weighted by Gasteiger charge is 2.04. The summed E-state index contributed by atoms with van der Waals surface area (Å²) in [7, 11) is 3.97. The lowest BCUT2D eigenvalue weighted by Crippen LogP contribution is -2.17. The van der Waals surface area contributed by atoms with E-state index in [2.05, 4.69) is 15.5 Å². The van der Waals surface area contributed by atoms with Gasteiger partial charge in [-0.15, -0.1) is 0 Å². The second kappa shape index (κ2) is 12.3. The summed E-state index contributed by atoms with van der Waals surface area (Å²) in [4.78, 5) is 24.9. The van der Waals surface area contributed by atoms with Crippen LogP contribution in [0.1, 0.15) is 38.5 Å². The molecule has 0 radical (unpaired) electrons. The molecule has 0 atom stereocenters. The maximum atomic E-state index is 12.0. The van der Waals surface area contributed by atoms with Crippen molar-refractivity contribution in [2.24, 2.45) is 10.2 Å². The van der Waals surface area contributed by atoms with Crippen LogP contribution < -0.4 is 15.7 Å². The van der Waals surface area contributed by atoms with Crippen molar-refractivity contribution in [3.8, 4) is 0 Å². The van der Waals surface area contributed by atoms with E-state index in [4.69, 9.17) is 5.21 Å². The molecule has 2 aromatic rings. The minimum absolute atomic E-state index is 0.0431. The molecule has 0 saturated heterocycles. The normalized spacial score (nSPS) is 10.8. The van der Waals surface area contributed by atoms with E-state index in [1.165, 1.54) is 0 Å². The van der Waals surface area contributed by atoms with Crippen LogP contribution in [-0.2, 0) is 9.59 Å². The molecule has 0 spiro atoms. The maximum Gasteiger partial charge on any atom is 0.243 e. The van der Waals surface area contributed by atoms with Crippen molar-refractivity contribution < 1.29 is 14.8 Å². The molecule has 0 aromatic heterocycles. The zero-order valence-electron chi connectivity index (χ0n) is 17.5. The van der Waals surface area contributed by atoms with Crippen LogP contribution in [0.5, 0.6) is 0 Å². The summed E-state index contributed by atoms with van der Waals surface area (Å²) in [5.41, 5.74) is 4.90. The van der Waals surface area contributed by atoms with E-state index < -0.39 is 0 Å². The minimum atomic E-state index is -0.377. The minimum Gasteiger partial charge on any atom is -0.378 e. The average molecular weight is 412 g/mol. The molecule has 30 heavy (non-hydrogen) atoms. The topological polar surface area (TPSA) is 106 Å². The Kier molecular flexibility index (Phi) is 9.47. The molecule has 0 aliphatic rings. The summed E-state index contributed by atoms with van der Waals surface area (Å²) in [6.07, 6.45) is 3.89. The highest BCUT2D eigenvalue weighted by Crippen LogP contribution is 2.22. The van der Waals surface area contributed by atoms with Gasteiger partial charge < -0.3 is 10.2 Å². The number of azo groups is 1. The molecule has 2 amide bonds. The lowest BCUT2D eigenvalue weighted by atomic mass is 10.1. The first-order valence-electron chi connectivity index (χ1n) is 10.00. The van der Waals surface area contributed by atoms with Crippen molar-refractivity contribution >= 4 is 34.6 Å². The van der Waals surface area contributed by atoms with Gasteiger partial charge in [-0.3, -0.25) is 14.8 Å². The quantitative estimate of drug-likeness (QED) is 0.210. The third-order valence-corrected chi connectivity index (χ3v) is 4.48. The molecule has 3 N–H and O–H groups in total. The van der Waals surface area contributed by atoms with Gasteiger partial charge in [-0.1, -0.05) is 12.8 Å². The third kappa shape index (κ3) is 8.40. The molecule has 0 unspecified atom stereocenters. The van der Waals surface area contributed by atoms with Crippen molar-refractivity contribution in [2.45, 2.75) is 38.5 Å². The van der Waals surface area contributed by atoms with Gasteiger partial charge in [0.25, 0.3) is 0 Å². The molecular weight excluding hydrogens is 382 g/mol. The van der Waals surface area contributed by atoms with E-state index in [9.17, 15) is 9.59 Å². The average Bonchev–Trinajstić information content (AvgIpc) is 2.75. The van der Waals surface area contributed by atoms with Gasteiger partial charge in [-0.2, -0.15) is 10.2 Å². The van der Waals surface area contributed by atoms with Crippen LogP contribution in [0.15, 0.2) is 58.8 Å². The van der Waals surface area contributed by atoms with Crippen molar-refractivity contribution in [3.05, 3.63) is 48.5 Å². The fourth-order valence-electron chi connectivity index (χ4n) is 2.75. The summed E-state index contributed by atoms with van der Waals surface area (Å²) in [6.45, 7) is 0. The van der Waals surface area contributed by atoms with E-state index >= 15 is 0 Å². The van der Waals surface area contributed by atoms with Gasteiger partial charge in [0, 0.05) is 38.3 Å². The molecule has 8 nitrogen and oxygen atoms in total. The molecule has 0 heterocycles. The van der Waals surface area contributed by atoms with Gasteiger partial charge in [0.1, 0.15) is 0 Å². The Labute approximate surface area is 177 Å². The highest BCUT2D eigenvalue weighted by atomic mass is 16.5. The summed E-state index contributed by atoms with van der Waals surface area (Å²) >= 11 is 0. The van der Waals surface area contributed by atoms with Crippen LogP contribution in [0, 0.1) is 0 Å². The molecule has 160 valence electrons. The zero-order valence-corrected chi connectivity index (χ0v) is 17.5. The Bertz CT molecular complexity index is 833. The van der Waals surface area contributed by atoms with Gasteiger partial charge >= 0.3 is 0 Å². The van der Waals surface area contributed by atoms with Crippen LogP contribution in [0.3, 0.4) is 0 Å². The lowest BCUT2D eigenvalue weighted by Gasteiger charge is -2.11. The second-order valence-electron chi connectivity index (χ2n) is 7.16. The zero-order chi connectivity index (χ0) is 21.8. The number of anilines is 2. The lowest BCUT2D eigenvalue weighted by molar-refractivity contribution is -0.129. The Morgan fingerprint density at radius 1 is 0.800 bits per heavy atom. The van der Waals surface area contributed by atoms with Crippen molar-refractivity contribution in [1.82, 2.24) is 5.48 Å². The summed E-state index contributed by atoms with van der Waals surface area (Å²) < 4.78 is 0.